The smallest absolute Gasteiger partial charge is 0.142 e. The molecule has 0 radical (unpaired) electrons. The minimum Gasteiger partial charge on any atom is -0.381 e. The van der Waals surface area contributed by atoms with Crippen LogP contribution in [0, 0.1) is 0 Å². The van der Waals surface area contributed by atoms with Crippen LogP contribution in [0.5, 0.6) is 0 Å². The van der Waals surface area contributed by atoms with Gasteiger partial charge >= 0.3 is 0 Å². The highest BCUT2D eigenvalue weighted by Gasteiger charge is 2.37. The molecule has 2 aromatic heterocycles. The van der Waals surface area contributed by atoms with Gasteiger partial charge in [0.1, 0.15) is 11.4 Å². The van der Waals surface area contributed by atoms with Gasteiger partial charge in [0.25, 0.3) is 0 Å². The fraction of sp³-hybridized carbons (Fsp3) is 0.161. The van der Waals surface area contributed by atoms with Gasteiger partial charge in [-0.1, -0.05) is 84.4 Å². The fourth-order valence-corrected chi connectivity index (χ4v) is 4.94. The van der Waals surface area contributed by atoms with Gasteiger partial charge in [0.15, 0.2) is 0 Å². The van der Waals surface area contributed by atoms with Crippen molar-refractivity contribution in [2.75, 3.05) is 0 Å². The molecular formula is C31H28ClN3O. The lowest BCUT2D eigenvalue weighted by Gasteiger charge is -2.29. The Bertz CT molecular complexity index is 1370. The summed E-state index contributed by atoms with van der Waals surface area (Å²) in [6.07, 6.45) is 4.42. The molecule has 0 aliphatic heterocycles. The van der Waals surface area contributed by atoms with Gasteiger partial charge in [-0.2, -0.15) is 0 Å². The van der Waals surface area contributed by atoms with Crippen LogP contribution in [0.25, 0.3) is 22.5 Å². The van der Waals surface area contributed by atoms with E-state index in [4.69, 9.17) is 16.6 Å². The van der Waals surface area contributed by atoms with Crippen molar-refractivity contribution in [2.45, 2.75) is 31.9 Å². The number of aromatic nitrogens is 3. The number of rotatable bonds is 8. The molecule has 180 valence electrons. The molecule has 3 aromatic carbocycles. The summed E-state index contributed by atoms with van der Waals surface area (Å²) in [6, 6.07) is 31.9. The molecular weight excluding hydrogens is 466 g/mol. The van der Waals surface area contributed by atoms with Crippen molar-refractivity contribution in [1.29, 1.82) is 0 Å². The van der Waals surface area contributed by atoms with Crippen LogP contribution >= 0.6 is 11.6 Å². The van der Waals surface area contributed by atoms with Crippen molar-refractivity contribution in [2.24, 2.45) is 0 Å². The zero-order valence-electron chi connectivity index (χ0n) is 20.2. The number of benzene rings is 3. The van der Waals surface area contributed by atoms with Crippen molar-refractivity contribution >= 4 is 11.6 Å². The van der Waals surface area contributed by atoms with Crippen molar-refractivity contribution in [3.05, 3.63) is 131 Å². The van der Waals surface area contributed by atoms with Gasteiger partial charge in [-0.05, 0) is 42.3 Å². The highest BCUT2D eigenvalue weighted by Crippen LogP contribution is 2.39. The molecule has 1 N–H and O–H groups in total. The Morgan fingerprint density at radius 3 is 1.83 bits per heavy atom. The van der Waals surface area contributed by atoms with Crippen LogP contribution < -0.4 is 0 Å². The highest BCUT2D eigenvalue weighted by atomic mass is 35.5. The molecule has 0 aliphatic carbocycles. The number of nitrogens with zero attached hydrogens (tertiary/aromatic N) is 3. The molecule has 36 heavy (non-hydrogen) atoms. The predicted octanol–water partition coefficient (Wildman–Crippen LogP) is 6.96. The molecule has 0 saturated carbocycles. The number of halogens is 1. The van der Waals surface area contributed by atoms with Crippen molar-refractivity contribution in [1.82, 2.24) is 14.5 Å². The van der Waals surface area contributed by atoms with E-state index >= 15 is 0 Å². The first kappa shape index (κ1) is 24.0. The number of pyridine rings is 1. The lowest BCUT2D eigenvalue weighted by molar-refractivity contribution is 0.0247. The zero-order valence-corrected chi connectivity index (χ0v) is 20.9. The van der Waals surface area contributed by atoms with Gasteiger partial charge in [-0.25, -0.2) is 4.98 Å². The van der Waals surface area contributed by atoms with E-state index in [9.17, 15) is 5.11 Å². The third-order valence-electron chi connectivity index (χ3n) is 6.45. The largest absolute Gasteiger partial charge is 0.381 e. The maximum absolute atomic E-state index is 12.5. The topological polar surface area (TPSA) is 50.9 Å². The summed E-state index contributed by atoms with van der Waals surface area (Å²) in [5.41, 5.74) is 4.59. The number of imidazole rings is 1. The monoisotopic (exact) mass is 493 g/mol. The summed E-state index contributed by atoms with van der Waals surface area (Å²) in [6.45, 7) is 2.74. The van der Waals surface area contributed by atoms with Gasteiger partial charge < -0.3 is 9.67 Å². The number of hydrogen-bond acceptors (Lipinski definition) is 3. The maximum atomic E-state index is 12.5. The summed E-state index contributed by atoms with van der Waals surface area (Å²) in [5.74, 6) is 0.648. The van der Waals surface area contributed by atoms with Crippen LogP contribution in [0.1, 0.15) is 23.9 Å². The second-order valence-corrected chi connectivity index (χ2v) is 9.41. The Labute approximate surface area is 216 Å². The molecule has 0 spiro atoms. The van der Waals surface area contributed by atoms with Gasteiger partial charge in [0, 0.05) is 47.9 Å². The highest BCUT2D eigenvalue weighted by molar-refractivity contribution is 6.30. The van der Waals surface area contributed by atoms with E-state index in [1.165, 1.54) is 0 Å². The molecule has 0 bridgehead atoms. The van der Waals surface area contributed by atoms with Gasteiger partial charge in [-0.15, -0.1) is 0 Å². The average molecular weight is 494 g/mol. The van der Waals surface area contributed by atoms with E-state index in [0.29, 0.717) is 30.2 Å². The quantitative estimate of drug-likeness (QED) is 0.254. The molecule has 0 atom stereocenters. The summed E-state index contributed by atoms with van der Waals surface area (Å²) in [4.78, 5) is 9.36. The Kier molecular flexibility index (Phi) is 6.99. The summed E-state index contributed by atoms with van der Waals surface area (Å²) in [5, 5.41) is 13.1. The van der Waals surface area contributed by atoms with Crippen LogP contribution in [-0.2, 0) is 25.0 Å². The van der Waals surface area contributed by atoms with E-state index in [2.05, 4.69) is 40.7 Å². The van der Waals surface area contributed by atoms with Crippen molar-refractivity contribution in [3.8, 4) is 22.5 Å². The summed E-state index contributed by atoms with van der Waals surface area (Å²) in [7, 11) is 0. The van der Waals surface area contributed by atoms with Crippen molar-refractivity contribution in [3.63, 3.8) is 0 Å². The average Bonchev–Trinajstić information content (AvgIpc) is 3.31. The third-order valence-corrected chi connectivity index (χ3v) is 6.70. The first-order valence-electron chi connectivity index (χ1n) is 12.1. The second-order valence-electron chi connectivity index (χ2n) is 8.98. The molecule has 5 rings (SSSR count). The lowest BCUT2D eigenvalue weighted by atomic mass is 9.87. The van der Waals surface area contributed by atoms with Crippen LogP contribution in [0.3, 0.4) is 0 Å². The lowest BCUT2D eigenvalue weighted by Crippen LogP contribution is -2.35. The van der Waals surface area contributed by atoms with Crippen LogP contribution in [0.2, 0.25) is 5.02 Å². The fourth-order valence-electron chi connectivity index (χ4n) is 4.82. The minimum atomic E-state index is -1.23. The molecule has 0 amide bonds. The first-order valence-corrected chi connectivity index (χ1v) is 12.5. The van der Waals surface area contributed by atoms with E-state index in [0.717, 1.165) is 33.6 Å². The SMILES string of the molecule is CCn1c(C(O)(Cc2ccccc2)Cc2ccccc2)nc(-c2ccncc2)c1-c1ccc(Cl)cc1. The van der Waals surface area contributed by atoms with Gasteiger partial charge in [0.2, 0.25) is 0 Å². The Morgan fingerprint density at radius 2 is 1.31 bits per heavy atom. The zero-order chi connectivity index (χ0) is 25.0. The van der Waals surface area contributed by atoms with E-state index in [-0.39, 0.29) is 0 Å². The van der Waals surface area contributed by atoms with E-state index in [1.807, 2.05) is 72.8 Å². The van der Waals surface area contributed by atoms with Gasteiger partial charge in [0.05, 0.1) is 11.4 Å². The molecule has 4 nitrogen and oxygen atoms in total. The standard InChI is InChI=1S/C31H28ClN3O/c1-2-35-29(26-13-15-27(32)16-14-26)28(25-17-19-33-20-18-25)34-30(35)31(36,21-23-9-5-3-6-10-23)22-24-11-7-4-8-12-24/h3-20,36H,2,21-22H2,1H3. The molecule has 0 unspecified atom stereocenters. The number of hydrogen-bond donors (Lipinski definition) is 1. The minimum absolute atomic E-state index is 0.440. The van der Waals surface area contributed by atoms with Crippen LogP contribution in [0.4, 0.5) is 0 Å². The van der Waals surface area contributed by atoms with E-state index in [1.54, 1.807) is 12.4 Å². The summed E-state index contributed by atoms with van der Waals surface area (Å²) < 4.78 is 2.14. The van der Waals surface area contributed by atoms with Crippen LogP contribution in [-0.4, -0.2) is 19.6 Å². The molecule has 0 aliphatic rings. The molecule has 5 heteroatoms. The Hall–Kier alpha value is -3.73. The normalized spacial score (nSPS) is 11.5. The van der Waals surface area contributed by atoms with Crippen molar-refractivity contribution < 1.29 is 5.11 Å². The Balaban J connectivity index is 1.74. The number of aliphatic hydroxyl groups is 1. The molecule has 0 saturated heterocycles. The first-order chi connectivity index (χ1) is 17.6. The third kappa shape index (κ3) is 4.97. The molecule has 0 fully saturated rings. The summed E-state index contributed by atoms with van der Waals surface area (Å²) >= 11 is 6.22. The van der Waals surface area contributed by atoms with Crippen LogP contribution in [0.15, 0.2) is 109 Å². The second kappa shape index (κ2) is 10.5. The van der Waals surface area contributed by atoms with Gasteiger partial charge in [-0.3, -0.25) is 4.98 Å². The molecule has 2 heterocycles. The Morgan fingerprint density at radius 1 is 0.750 bits per heavy atom. The van der Waals surface area contributed by atoms with E-state index < -0.39 is 5.60 Å². The maximum Gasteiger partial charge on any atom is 0.142 e. The predicted molar refractivity (Wildman–Crippen MR) is 146 cm³/mol. The molecule has 5 aromatic rings.